The zero-order chi connectivity index (χ0) is 7.40. The standard InChI is InChI=1S/C8H13NO/c9-6-5-8(10)7-3-1-2-4-7/h7-8,10H,1-5H2. The van der Waals surface area contributed by atoms with Crippen LogP contribution >= 0.6 is 0 Å². The summed E-state index contributed by atoms with van der Waals surface area (Å²) < 4.78 is 0. The van der Waals surface area contributed by atoms with Crippen LogP contribution in [0.1, 0.15) is 32.1 Å². The van der Waals surface area contributed by atoms with Crippen molar-refractivity contribution in [1.82, 2.24) is 0 Å². The predicted octanol–water partition coefficient (Wildman–Crippen LogP) is 1.45. The number of hydrogen-bond acceptors (Lipinski definition) is 2. The van der Waals surface area contributed by atoms with Gasteiger partial charge in [0.25, 0.3) is 0 Å². The van der Waals surface area contributed by atoms with E-state index in [0.717, 1.165) is 12.8 Å². The highest BCUT2D eigenvalue weighted by Gasteiger charge is 2.22. The van der Waals surface area contributed by atoms with Gasteiger partial charge in [0, 0.05) is 0 Å². The SMILES string of the molecule is N#CCC(O)C1CCCC1. The van der Waals surface area contributed by atoms with Crippen LogP contribution in [-0.4, -0.2) is 11.2 Å². The number of nitriles is 1. The van der Waals surface area contributed by atoms with Gasteiger partial charge in [-0.3, -0.25) is 0 Å². The first kappa shape index (κ1) is 7.56. The fourth-order valence-electron chi connectivity index (χ4n) is 1.60. The summed E-state index contributed by atoms with van der Waals surface area (Å²) in [6.07, 6.45) is 4.64. The molecule has 0 aliphatic heterocycles. The van der Waals surface area contributed by atoms with Gasteiger partial charge in [0.15, 0.2) is 0 Å². The Labute approximate surface area is 61.5 Å². The summed E-state index contributed by atoms with van der Waals surface area (Å²) in [5, 5.41) is 17.6. The second-order valence-electron chi connectivity index (χ2n) is 2.97. The van der Waals surface area contributed by atoms with Crippen molar-refractivity contribution in [2.45, 2.75) is 38.2 Å². The van der Waals surface area contributed by atoms with Crippen LogP contribution in [0.15, 0.2) is 0 Å². The van der Waals surface area contributed by atoms with Crippen molar-refractivity contribution in [3.05, 3.63) is 0 Å². The van der Waals surface area contributed by atoms with Crippen molar-refractivity contribution in [1.29, 1.82) is 5.26 Å². The Kier molecular flexibility index (Phi) is 2.70. The molecule has 1 N–H and O–H groups in total. The molecule has 0 aromatic carbocycles. The van der Waals surface area contributed by atoms with E-state index < -0.39 is 0 Å². The van der Waals surface area contributed by atoms with Gasteiger partial charge in [-0.05, 0) is 18.8 Å². The van der Waals surface area contributed by atoms with E-state index in [-0.39, 0.29) is 6.10 Å². The lowest BCUT2D eigenvalue weighted by Crippen LogP contribution is -2.16. The summed E-state index contributed by atoms with van der Waals surface area (Å²) in [4.78, 5) is 0. The van der Waals surface area contributed by atoms with Gasteiger partial charge >= 0.3 is 0 Å². The topological polar surface area (TPSA) is 44.0 Å². The van der Waals surface area contributed by atoms with Gasteiger partial charge in [-0.1, -0.05) is 12.8 Å². The van der Waals surface area contributed by atoms with E-state index >= 15 is 0 Å². The summed E-state index contributed by atoms with van der Waals surface area (Å²) in [6.45, 7) is 0. The van der Waals surface area contributed by atoms with Gasteiger partial charge in [-0.15, -0.1) is 0 Å². The minimum Gasteiger partial charge on any atom is -0.392 e. The van der Waals surface area contributed by atoms with Crippen LogP contribution in [0.5, 0.6) is 0 Å². The van der Waals surface area contributed by atoms with Crippen LogP contribution in [0.25, 0.3) is 0 Å². The van der Waals surface area contributed by atoms with Crippen LogP contribution < -0.4 is 0 Å². The van der Waals surface area contributed by atoms with Crippen molar-refractivity contribution < 1.29 is 5.11 Å². The van der Waals surface area contributed by atoms with Crippen molar-refractivity contribution in [2.75, 3.05) is 0 Å². The van der Waals surface area contributed by atoms with Gasteiger partial charge in [0.05, 0.1) is 18.6 Å². The van der Waals surface area contributed by atoms with Gasteiger partial charge in [-0.2, -0.15) is 5.26 Å². The molecule has 1 fully saturated rings. The molecular weight excluding hydrogens is 126 g/mol. The van der Waals surface area contributed by atoms with Crippen LogP contribution in [-0.2, 0) is 0 Å². The highest BCUT2D eigenvalue weighted by Crippen LogP contribution is 2.28. The van der Waals surface area contributed by atoms with E-state index in [0.29, 0.717) is 12.3 Å². The fraction of sp³-hybridized carbons (Fsp3) is 0.875. The van der Waals surface area contributed by atoms with Gasteiger partial charge in [0.1, 0.15) is 0 Å². The van der Waals surface area contributed by atoms with Gasteiger partial charge < -0.3 is 5.11 Å². The van der Waals surface area contributed by atoms with Gasteiger partial charge in [-0.25, -0.2) is 0 Å². The monoisotopic (exact) mass is 139 g/mol. The zero-order valence-corrected chi connectivity index (χ0v) is 6.08. The third-order valence-corrected chi connectivity index (χ3v) is 2.24. The molecule has 1 saturated carbocycles. The first-order valence-electron chi connectivity index (χ1n) is 3.89. The maximum Gasteiger partial charge on any atom is 0.0698 e. The lowest BCUT2D eigenvalue weighted by atomic mass is 9.99. The molecule has 0 bridgehead atoms. The quantitative estimate of drug-likeness (QED) is 0.629. The summed E-state index contributed by atoms with van der Waals surface area (Å²) >= 11 is 0. The van der Waals surface area contributed by atoms with Crippen LogP contribution in [0.4, 0.5) is 0 Å². The Bertz CT molecular complexity index is 133. The molecule has 1 rings (SSSR count). The number of aliphatic hydroxyl groups excluding tert-OH is 1. The van der Waals surface area contributed by atoms with Crippen molar-refractivity contribution in [2.24, 2.45) is 5.92 Å². The Morgan fingerprint density at radius 1 is 1.50 bits per heavy atom. The maximum atomic E-state index is 9.33. The molecule has 0 saturated heterocycles. The Morgan fingerprint density at radius 2 is 2.10 bits per heavy atom. The third-order valence-electron chi connectivity index (χ3n) is 2.24. The molecule has 1 aliphatic carbocycles. The maximum absolute atomic E-state index is 9.33. The zero-order valence-electron chi connectivity index (χ0n) is 6.08. The molecule has 56 valence electrons. The van der Waals surface area contributed by atoms with E-state index in [9.17, 15) is 5.11 Å². The highest BCUT2D eigenvalue weighted by molar-refractivity contribution is 4.82. The minimum absolute atomic E-state index is 0.310. The number of aliphatic hydroxyl groups is 1. The van der Waals surface area contributed by atoms with Gasteiger partial charge in [0.2, 0.25) is 0 Å². The second-order valence-corrected chi connectivity index (χ2v) is 2.97. The van der Waals surface area contributed by atoms with E-state index in [1.54, 1.807) is 0 Å². The summed E-state index contributed by atoms with van der Waals surface area (Å²) in [7, 11) is 0. The average molecular weight is 139 g/mol. The minimum atomic E-state index is -0.354. The second kappa shape index (κ2) is 3.58. The largest absolute Gasteiger partial charge is 0.392 e. The van der Waals surface area contributed by atoms with E-state index in [2.05, 4.69) is 0 Å². The average Bonchev–Trinajstić information content (AvgIpc) is 2.38. The van der Waals surface area contributed by atoms with E-state index in [1.165, 1.54) is 12.8 Å². The fourth-order valence-corrected chi connectivity index (χ4v) is 1.60. The lowest BCUT2D eigenvalue weighted by molar-refractivity contribution is 0.115. The number of rotatable bonds is 2. The molecule has 1 atom stereocenters. The molecule has 10 heavy (non-hydrogen) atoms. The molecule has 0 aromatic rings. The molecular formula is C8H13NO. The molecule has 1 unspecified atom stereocenters. The van der Waals surface area contributed by atoms with Crippen LogP contribution in [0.3, 0.4) is 0 Å². The molecule has 0 amide bonds. The Hall–Kier alpha value is -0.550. The first-order chi connectivity index (χ1) is 4.84. The molecule has 2 nitrogen and oxygen atoms in total. The number of hydrogen-bond donors (Lipinski definition) is 1. The molecule has 0 aromatic heterocycles. The third kappa shape index (κ3) is 1.71. The summed E-state index contributed by atoms with van der Waals surface area (Å²) in [5.41, 5.74) is 0. The molecule has 0 heterocycles. The van der Waals surface area contributed by atoms with Crippen molar-refractivity contribution in [3.8, 4) is 6.07 Å². The first-order valence-corrected chi connectivity index (χ1v) is 3.89. The predicted molar refractivity (Wildman–Crippen MR) is 38.2 cm³/mol. The Balaban J connectivity index is 2.26. The Morgan fingerprint density at radius 3 is 2.60 bits per heavy atom. The number of nitrogens with zero attached hydrogens (tertiary/aromatic N) is 1. The highest BCUT2D eigenvalue weighted by atomic mass is 16.3. The molecule has 0 radical (unpaired) electrons. The smallest absolute Gasteiger partial charge is 0.0698 e. The summed E-state index contributed by atoms with van der Waals surface area (Å²) in [5.74, 6) is 0.416. The normalized spacial score (nSPS) is 22.4. The van der Waals surface area contributed by atoms with E-state index in [1.807, 2.05) is 6.07 Å². The van der Waals surface area contributed by atoms with Crippen molar-refractivity contribution in [3.63, 3.8) is 0 Å². The van der Waals surface area contributed by atoms with E-state index in [4.69, 9.17) is 5.26 Å². The van der Waals surface area contributed by atoms with Crippen LogP contribution in [0, 0.1) is 17.2 Å². The lowest BCUT2D eigenvalue weighted by Gasteiger charge is -2.13. The molecule has 0 spiro atoms. The van der Waals surface area contributed by atoms with Crippen LogP contribution in [0.2, 0.25) is 0 Å². The molecule has 1 aliphatic rings. The summed E-state index contributed by atoms with van der Waals surface area (Å²) in [6, 6.07) is 1.99. The molecule has 2 heteroatoms. The van der Waals surface area contributed by atoms with Crippen molar-refractivity contribution >= 4 is 0 Å².